The fourth-order valence-corrected chi connectivity index (χ4v) is 11.1. The van der Waals surface area contributed by atoms with Crippen LogP contribution in [0.1, 0.15) is 48.8 Å². The largest absolute Gasteiger partial charge is 0.208 e. The average Bonchev–Trinajstić information content (AvgIpc) is 3.52. The van der Waals surface area contributed by atoms with Crippen molar-refractivity contribution in [2.45, 2.75) is 37.5 Å². The number of aromatic nitrogens is 3. The summed E-state index contributed by atoms with van der Waals surface area (Å²) in [5, 5.41) is 9.64. The average molecular weight is 695 g/mol. The van der Waals surface area contributed by atoms with Gasteiger partial charge in [0.05, 0.1) is 11.6 Å². The highest BCUT2D eigenvalue weighted by Gasteiger charge is 2.61. The van der Waals surface area contributed by atoms with Gasteiger partial charge in [-0.15, -0.1) is 0 Å². The molecule has 0 radical (unpaired) electrons. The number of hydrogen-bond acceptors (Lipinski definition) is 4. The van der Waals surface area contributed by atoms with Gasteiger partial charge in [0.2, 0.25) is 0 Å². The van der Waals surface area contributed by atoms with Crippen molar-refractivity contribution < 1.29 is 0 Å². The van der Waals surface area contributed by atoms with Crippen molar-refractivity contribution >= 4 is 0 Å². The van der Waals surface area contributed by atoms with Gasteiger partial charge in [-0.3, -0.25) is 0 Å². The third-order valence-corrected chi connectivity index (χ3v) is 13.1. The molecule has 7 aromatic rings. The van der Waals surface area contributed by atoms with E-state index in [0.717, 1.165) is 34.1 Å². The van der Waals surface area contributed by atoms with Crippen LogP contribution in [0.3, 0.4) is 0 Å². The molecule has 0 aliphatic heterocycles. The van der Waals surface area contributed by atoms with Crippen LogP contribution in [0.5, 0.6) is 0 Å². The highest BCUT2D eigenvalue weighted by atomic mass is 15.0. The molecule has 0 amide bonds. The number of hydrogen-bond donors (Lipinski definition) is 0. The summed E-state index contributed by atoms with van der Waals surface area (Å²) in [6.07, 6.45) is 6.78. The highest BCUT2D eigenvalue weighted by molar-refractivity contribution is 5.88. The van der Waals surface area contributed by atoms with E-state index < -0.39 is 0 Å². The van der Waals surface area contributed by atoms with E-state index in [-0.39, 0.29) is 5.41 Å². The predicted molar refractivity (Wildman–Crippen MR) is 215 cm³/mol. The van der Waals surface area contributed by atoms with Crippen LogP contribution in [0.4, 0.5) is 0 Å². The Balaban J connectivity index is 1.05. The molecule has 4 nitrogen and oxygen atoms in total. The van der Waals surface area contributed by atoms with Crippen LogP contribution in [-0.4, -0.2) is 15.0 Å². The fraction of sp³-hybridized carbons (Fsp3) is 0.200. The van der Waals surface area contributed by atoms with Crippen molar-refractivity contribution in [3.8, 4) is 73.6 Å². The first-order chi connectivity index (χ1) is 26.6. The van der Waals surface area contributed by atoms with Gasteiger partial charge in [0.15, 0.2) is 17.5 Å². The zero-order valence-corrected chi connectivity index (χ0v) is 30.0. The molecule has 1 heterocycles. The molecule has 6 aromatic carbocycles. The minimum atomic E-state index is 0.0438. The molecule has 0 N–H and O–H groups in total. The third kappa shape index (κ3) is 4.85. The van der Waals surface area contributed by atoms with E-state index in [1.54, 1.807) is 0 Å². The van der Waals surface area contributed by atoms with Crippen LogP contribution in [0.25, 0.3) is 67.5 Å². The third-order valence-electron chi connectivity index (χ3n) is 13.1. The molecular weight excluding hydrogens is 657 g/mol. The lowest BCUT2D eigenvalue weighted by molar-refractivity contribution is -0.0399. The Labute approximate surface area is 316 Å². The van der Waals surface area contributed by atoms with Gasteiger partial charge in [-0.1, -0.05) is 115 Å². The number of rotatable bonds is 5. The highest BCUT2D eigenvalue weighted by Crippen LogP contribution is 2.69. The van der Waals surface area contributed by atoms with Crippen molar-refractivity contribution in [2.24, 2.45) is 23.7 Å². The Kier molecular flexibility index (Phi) is 7.07. The molecule has 12 rings (SSSR count). The topological polar surface area (TPSA) is 62.5 Å². The summed E-state index contributed by atoms with van der Waals surface area (Å²) in [6.45, 7) is 0. The first-order valence-electron chi connectivity index (χ1n) is 19.4. The van der Waals surface area contributed by atoms with Gasteiger partial charge in [0.25, 0.3) is 0 Å². The van der Waals surface area contributed by atoms with Gasteiger partial charge in [-0.25, -0.2) is 15.0 Å². The Hall–Kier alpha value is -6.18. The molecule has 4 bridgehead atoms. The molecule has 0 saturated heterocycles. The molecule has 5 aliphatic carbocycles. The molecule has 5 aliphatic rings. The molecule has 4 heteroatoms. The first-order valence-corrected chi connectivity index (χ1v) is 19.4. The molecule has 258 valence electrons. The molecule has 0 atom stereocenters. The van der Waals surface area contributed by atoms with Crippen molar-refractivity contribution in [1.82, 2.24) is 15.0 Å². The number of fused-ring (bicyclic) bond motifs is 3. The second-order valence-electron chi connectivity index (χ2n) is 16.0. The maximum Gasteiger partial charge on any atom is 0.164 e. The molecule has 4 saturated carbocycles. The molecular formula is C50H38N4. The van der Waals surface area contributed by atoms with Crippen LogP contribution in [0.2, 0.25) is 0 Å². The quantitative estimate of drug-likeness (QED) is 0.180. The summed E-state index contributed by atoms with van der Waals surface area (Å²) >= 11 is 0. The van der Waals surface area contributed by atoms with E-state index in [4.69, 9.17) is 15.0 Å². The van der Waals surface area contributed by atoms with Gasteiger partial charge in [-0.2, -0.15) is 5.26 Å². The second kappa shape index (κ2) is 12.2. The van der Waals surface area contributed by atoms with E-state index in [1.807, 2.05) is 54.6 Å². The van der Waals surface area contributed by atoms with Crippen molar-refractivity contribution in [3.63, 3.8) is 0 Å². The first kappa shape index (κ1) is 31.4. The van der Waals surface area contributed by atoms with Crippen LogP contribution >= 0.6 is 0 Å². The summed E-state index contributed by atoms with van der Waals surface area (Å²) in [5.74, 6) is 5.09. The lowest BCUT2D eigenvalue weighted by atomic mass is 9.43. The monoisotopic (exact) mass is 694 g/mol. The molecule has 0 unspecified atom stereocenters. The van der Waals surface area contributed by atoms with Crippen LogP contribution in [0, 0.1) is 35.0 Å². The molecule has 1 spiro atoms. The summed E-state index contributed by atoms with van der Waals surface area (Å²) in [5.41, 5.74) is 14.1. The van der Waals surface area contributed by atoms with Crippen molar-refractivity contribution in [3.05, 3.63) is 162 Å². The number of nitriles is 1. The van der Waals surface area contributed by atoms with E-state index in [2.05, 4.69) is 97.1 Å². The second-order valence-corrected chi connectivity index (χ2v) is 16.0. The Morgan fingerprint density at radius 3 is 1.59 bits per heavy atom. The van der Waals surface area contributed by atoms with E-state index in [0.29, 0.717) is 34.9 Å². The van der Waals surface area contributed by atoms with Gasteiger partial charge in [-0.05, 0) is 131 Å². The number of nitrogens with zero attached hydrogens (tertiary/aromatic N) is 4. The fourth-order valence-electron chi connectivity index (χ4n) is 11.1. The normalized spacial score (nSPS) is 22.9. The molecule has 1 aromatic heterocycles. The van der Waals surface area contributed by atoms with E-state index >= 15 is 0 Å². The Bertz CT molecular complexity index is 2550. The SMILES string of the molecule is N#Cc1cccc(-c2ccc3c(c2)-c2ccc(-c4cccc(-c5nc(-c6ccccc6)nc(-c6ccccc6)n5)c4)cc2C32C3CC4CC(C3)CC2C4)c1. The standard InChI is InChI=1S/C50H38N4/c51-30-31-9-7-14-36(22-31)38-18-20-45-44(28-38)43-19-17-39(29-46(43)50(45)41-23-32-21-33(25-41)26-42(50)24-32)37-15-8-16-40(27-37)49-53-47(34-10-3-1-4-11-34)52-48(54-49)35-12-5-2-6-13-35/h1-20,22,27-29,32-33,41-42H,21,23-26H2. The zero-order valence-electron chi connectivity index (χ0n) is 30.0. The summed E-state index contributed by atoms with van der Waals surface area (Å²) in [7, 11) is 0. The smallest absolute Gasteiger partial charge is 0.164 e. The maximum absolute atomic E-state index is 9.64. The lowest BCUT2D eigenvalue weighted by Crippen LogP contribution is -2.55. The number of benzene rings is 6. The van der Waals surface area contributed by atoms with Crippen LogP contribution in [0.15, 0.2) is 146 Å². The van der Waals surface area contributed by atoms with Gasteiger partial charge in [0, 0.05) is 22.1 Å². The Morgan fingerprint density at radius 2 is 0.944 bits per heavy atom. The van der Waals surface area contributed by atoms with Crippen molar-refractivity contribution in [1.29, 1.82) is 5.26 Å². The van der Waals surface area contributed by atoms with E-state index in [9.17, 15) is 5.26 Å². The minimum Gasteiger partial charge on any atom is -0.208 e. The summed E-state index contributed by atoms with van der Waals surface area (Å²) < 4.78 is 0. The van der Waals surface area contributed by atoms with Gasteiger partial charge in [0.1, 0.15) is 0 Å². The van der Waals surface area contributed by atoms with Crippen LogP contribution in [-0.2, 0) is 5.41 Å². The zero-order chi connectivity index (χ0) is 35.8. The molecule has 4 fully saturated rings. The van der Waals surface area contributed by atoms with Gasteiger partial charge >= 0.3 is 0 Å². The maximum atomic E-state index is 9.64. The summed E-state index contributed by atoms with van der Waals surface area (Å²) in [6, 6.07) is 53.9. The van der Waals surface area contributed by atoms with Crippen LogP contribution < -0.4 is 0 Å². The predicted octanol–water partition coefficient (Wildman–Crippen LogP) is 11.8. The minimum absolute atomic E-state index is 0.0438. The van der Waals surface area contributed by atoms with E-state index in [1.165, 1.54) is 71.0 Å². The molecule has 54 heavy (non-hydrogen) atoms. The van der Waals surface area contributed by atoms with Gasteiger partial charge < -0.3 is 0 Å². The lowest BCUT2D eigenvalue weighted by Gasteiger charge is -2.61. The van der Waals surface area contributed by atoms with Crippen molar-refractivity contribution in [2.75, 3.05) is 0 Å². The Morgan fingerprint density at radius 1 is 0.426 bits per heavy atom. The summed E-state index contributed by atoms with van der Waals surface area (Å²) in [4.78, 5) is 15.0.